The number of ether oxygens (including phenoxy) is 1. The number of Topliss-reactive ketones (excluding diaryl/α,β-unsaturated/α-hetero) is 1. The van der Waals surface area contributed by atoms with E-state index in [0.717, 1.165) is 19.4 Å². The molecule has 0 radical (unpaired) electrons. The summed E-state index contributed by atoms with van der Waals surface area (Å²) < 4.78 is 5.46. The van der Waals surface area contributed by atoms with Gasteiger partial charge in [0, 0.05) is 24.4 Å². The van der Waals surface area contributed by atoms with E-state index in [1.54, 1.807) is 24.3 Å². The van der Waals surface area contributed by atoms with Crippen LogP contribution in [0.15, 0.2) is 24.3 Å². The van der Waals surface area contributed by atoms with E-state index >= 15 is 0 Å². The molecule has 1 fully saturated rings. The predicted molar refractivity (Wildman–Crippen MR) is 76.9 cm³/mol. The van der Waals surface area contributed by atoms with Gasteiger partial charge in [0.25, 0.3) is 0 Å². The lowest BCUT2D eigenvalue weighted by molar-refractivity contribution is -0.115. The average molecular weight is 276 g/mol. The summed E-state index contributed by atoms with van der Waals surface area (Å²) in [4.78, 5) is 22.9. The number of anilines is 1. The average Bonchev–Trinajstić information content (AvgIpc) is 2.92. The number of carbonyl (C=O) groups excluding carboxylic acids is 2. The lowest BCUT2D eigenvalue weighted by Crippen LogP contribution is -2.33. The minimum atomic E-state index is -0.0985. The van der Waals surface area contributed by atoms with Crippen molar-refractivity contribution in [2.45, 2.75) is 25.9 Å². The smallest absolute Gasteiger partial charge is 0.238 e. The van der Waals surface area contributed by atoms with Crippen LogP contribution in [-0.2, 0) is 9.53 Å². The Kier molecular flexibility index (Phi) is 5.26. The van der Waals surface area contributed by atoms with Crippen molar-refractivity contribution in [1.29, 1.82) is 0 Å². The first-order chi connectivity index (χ1) is 9.65. The first-order valence-corrected chi connectivity index (χ1v) is 6.88. The molecule has 0 spiro atoms. The number of benzene rings is 1. The van der Waals surface area contributed by atoms with Crippen molar-refractivity contribution in [2.75, 3.05) is 25.0 Å². The second-order valence-electron chi connectivity index (χ2n) is 4.95. The van der Waals surface area contributed by atoms with Gasteiger partial charge in [-0.05, 0) is 44.0 Å². The maximum Gasteiger partial charge on any atom is 0.238 e. The van der Waals surface area contributed by atoms with Crippen LogP contribution in [0, 0.1) is 0 Å². The zero-order valence-electron chi connectivity index (χ0n) is 11.6. The van der Waals surface area contributed by atoms with Crippen LogP contribution >= 0.6 is 0 Å². The summed E-state index contributed by atoms with van der Waals surface area (Å²) >= 11 is 0. The second kappa shape index (κ2) is 7.17. The van der Waals surface area contributed by atoms with Crippen LogP contribution in [0.2, 0.25) is 0 Å². The molecule has 0 aromatic heterocycles. The molecule has 5 heteroatoms. The Balaban J connectivity index is 1.71. The van der Waals surface area contributed by atoms with E-state index in [4.69, 9.17) is 4.74 Å². The van der Waals surface area contributed by atoms with Crippen LogP contribution in [0.4, 0.5) is 5.69 Å². The Morgan fingerprint density at radius 2 is 2.05 bits per heavy atom. The molecular formula is C15H20N2O3. The normalized spacial score (nSPS) is 17.9. The van der Waals surface area contributed by atoms with Gasteiger partial charge in [-0.25, -0.2) is 0 Å². The fourth-order valence-electron chi connectivity index (χ4n) is 2.15. The van der Waals surface area contributed by atoms with Gasteiger partial charge in [0.2, 0.25) is 5.91 Å². The summed E-state index contributed by atoms with van der Waals surface area (Å²) in [5, 5.41) is 5.87. The molecule has 0 saturated carbocycles. The monoisotopic (exact) mass is 276 g/mol. The Morgan fingerprint density at radius 1 is 1.30 bits per heavy atom. The highest BCUT2D eigenvalue weighted by Crippen LogP contribution is 2.11. The van der Waals surface area contributed by atoms with Gasteiger partial charge in [-0.15, -0.1) is 0 Å². The minimum Gasteiger partial charge on any atom is -0.377 e. The van der Waals surface area contributed by atoms with Crippen molar-refractivity contribution in [3.8, 4) is 0 Å². The zero-order chi connectivity index (χ0) is 14.4. The first-order valence-electron chi connectivity index (χ1n) is 6.88. The van der Waals surface area contributed by atoms with E-state index in [-0.39, 0.29) is 24.3 Å². The molecule has 0 bridgehead atoms. The topological polar surface area (TPSA) is 67.4 Å². The van der Waals surface area contributed by atoms with Gasteiger partial charge >= 0.3 is 0 Å². The summed E-state index contributed by atoms with van der Waals surface area (Å²) in [5.74, 6) is -0.0836. The predicted octanol–water partition coefficient (Wildman–Crippen LogP) is 1.60. The Labute approximate surface area is 118 Å². The number of amides is 1. The molecular weight excluding hydrogens is 256 g/mol. The van der Waals surface area contributed by atoms with E-state index in [9.17, 15) is 9.59 Å². The molecule has 1 aliphatic heterocycles. The van der Waals surface area contributed by atoms with Crippen LogP contribution < -0.4 is 10.6 Å². The number of ketones is 1. The lowest BCUT2D eigenvalue weighted by Gasteiger charge is -2.11. The highest BCUT2D eigenvalue weighted by molar-refractivity contribution is 5.96. The maximum absolute atomic E-state index is 11.7. The van der Waals surface area contributed by atoms with Crippen molar-refractivity contribution in [3.63, 3.8) is 0 Å². The highest BCUT2D eigenvalue weighted by Gasteiger charge is 2.15. The number of nitrogens with one attached hydrogen (secondary N) is 2. The van der Waals surface area contributed by atoms with Crippen molar-refractivity contribution >= 4 is 17.4 Å². The van der Waals surface area contributed by atoms with E-state index in [1.165, 1.54) is 6.92 Å². The third-order valence-corrected chi connectivity index (χ3v) is 3.26. The van der Waals surface area contributed by atoms with Crippen molar-refractivity contribution in [3.05, 3.63) is 29.8 Å². The quantitative estimate of drug-likeness (QED) is 0.774. The molecule has 2 rings (SSSR count). The molecule has 1 aromatic carbocycles. The van der Waals surface area contributed by atoms with E-state index in [0.29, 0.717) is 17.8 Å². The van der Waals surface area contributed by atoms with Crippen molar-refractivity contribution in [1.82, 2.24) is 5.32 Å². The Bertz CT molecular complexity index is 465. The molecule has 1 amide bonds. The van der Waals surface area contributed by atoms with Gasteiger partial charge in [-0.3, -0.25) is 9.59 Å². The van der Waals surface area contributed by atoms with Crippen LogP contribution in [0.1, 0.15) is 30.1 Å². The van der Waals surface area contributed by atoms with Crippen LogP contribution in [0.3, 0.4) is 0 Å². The van der Waals surface area contributed by atoms with Gasteiger partial charge in [0.1, 0.15) is 0 Å². The number of rotatable bonds is 6. The molecule has 0 aliphatic carbocycles. The molecule has 5 nitrogen and oxygen atoms in total. The van der Waals surface area contributed by atoms with Crippen LogP contribution in [0.25, 0.3) is 0 Å². The maximum atomic E-state index is 11.7. The molecule has 2 N–H and O–H groups in total. The third kappa shape index (κ3) is 4.43. The Morgan fingerprint density at radius 3 is 2.65 bits per heavy atom. The van der Waals surface area contributed by atoms with E-state index < -0.39 is 0 Å². The molecule has 108 valence electrons. The number of hydrogen-bond acceptors (Lipinski definition) is 4. The lowest BCUT2D eigenvalue weighted by atomic mass is 10.1. The number of hydrogen-bond donors (Lipinski definition) is 2. The summed E-state index contributed by atoms with van der Waals surface area (Å²) in [6.07, 6.45) is 2.39. The fraction of sp³-hybridized carbons (Fsp3) is 0.467. The van der Waals surface area contributed by atoms with Gasteiger partial charge in [-0.2, -0.15) is 0 Å². The molecule has 1 aromatic rings. The largest absolute Gasteiger partial charge is 0.377 e. The summed E-state index contributed by atoms with van der Waals surface area (Å²) in [6.45, 7) is 3.30. The molecule has 20 heavy (non-hydrogen) atoms. The molecule has 1 saturated heterocycles. The van der Waals surface area contributed by atoms with Crippen LogP contribution in [-0.4, -0.2) is 37.5 Å². The summed E-state index contributed by atoms with van der Waals surface area (Å²) in [5.41, 5.74) is 1.33. The highest BCUT2D eigenvalue weighted by atomic mass is 16.5. The van der Waals surface area contributed by atoms with E-state index in [2.05, 4.69) is 10.6 Å². The molecule has 1 atom stereocenters. The SMILES string of the molecule is CC(=O)c1ccc(NC(=O)CNCC2CCCO2)cc1. The van der Waals surface area contributed by atoms with Crippen molar-refractivity contribution < 1.29 is 14.3 Å². The van der Waals surface area contributed by atoms with Crippen molar-refractivity contribution in [2.24, 2.45) is 0 Å². The summed E-state index contributed by atoms with van der Waals surface area (Å²) in [6, 6.07) is 6.87. The first kappa shape index (κ1) is 14.7. The molecule has 1 unspecified atom stereocenters. The number of carbonyl (C=O) groups is 2. The summed E-state index contributed by atoms with van der Waals surface area (Å²) in [7, 11) is 0. The van der Waals surface area contributed by atoms with Crippen LogP contribution in [0.5, 0.6) is 0 Å². The third-order valence-electron chi connectivity index (χ3n) is 3.26. The Hall–Kier alpha value is -1.72. The molecule has 1 aliphatic rings. The minimum absolute atomic E-state index is 0.0149. The van der Waals surface area contributed by atoms with Gasteiger partial charge in [0.05, 0.1) is 12.6 Å². The van der Waals surface area contributed by atoms with Gasteiger partial charge < -0.3 is 15.4 Å². The zero-order valence-corrected chi connectivity index (χ0v) is 11.6. The van der Waals surface area contributed by atoms with Gasteiger partial charge in [0.15, 0.2) is 5.78 Å². The second-order valence-corrected chi connectivity index (χ2v) is 4.95. The fourth-order valence-corrected chi connectivity index (χ4v) is 2.15. The van der Waals surface area contributed by atoms with E-state index in [1.807, 2.05) is 0 Å². The molecule has 1 heterocycles. The standard InChI is InChI=1S/C15H20N2O3/c1-11(18)12-4-6-13(7-5-12)17-15(19)10-16-9-14-3-2-8-20-14/h4-7,14,16H,2-3,8-10H2,1H3,(H,17,19). The van der Waals surface area contributed by atoms with Gasteiger partial charge in [-0.1, -0.05) is 0 Å².